The van der Waals surface area contributed by atoms with Crippen molar-refractivity contribution in [1.29, 1.82) is 0 Å². The zero-order valence-corrected chi connectivity index (χ0v) is 16.6. The van der Waals surface area contributed by atoms with Crippen LogP contribution in [-0.4, -0.2) is 38.2 Å². The van der Waals surface area contributed by atoms with E-state index in [1.54, 1.807) is 37.1 Å². The summed E-state index contributed by atoms with van der Waals surface area (Å²) in [6.07, 6.45) is -0.0144. The smallest absolute Gasteiger partial charge is 0.311 e. The molecule has 0 aromatic heterocycles. The number of carbonyl (C=O) groups excluding carboxylic acids is 2. The maximum Gasteiger partial charge on any atom is 0.311 e. The van der Waals surface area contributed by atoms with E-state index in [0.717, 1.165) is 23.2 Å². The van der Waals surface area contributed by atoms with Gasteiger partial charge in [-0.15, -0.1) is 0 Å². The lowest BCUT2D eigenvalue weighted by molar-refractivity contribution is -0.153. The van der Waals surface area contributed by atoms with Crippen molar-refractivity contribution in [2.75, 3.05) is 19.1 Å². The maximum absolute atomic E-state index is 12.9. The van der Waals surface area contributed by atoms with Gasteiger partial charge in [-0.1, -0.05) is 24.3 Å². The minimum absolute atomic E-state index is 0.0388. The fourth-order valence-electron chi connectivity index (χ4n) is 3.54. The number of para-hydroxylation sites is 1. The van der Waals surface area contributed by atoms with Crippen LogP contribution in [0.15, 0.2) is 42.5 Å². The predicted octanol–water partition coefficient (Wildman–Crippen LogP) is 3.16. The molecule has 1 aliphatic heterocycles. The Bertz CT molecular complexity index is 879. The number of carbonyl (C=O) groups is 2. The van der Waals surface area contributed by atoms with Crippen molar-refractivity contribution < 1.29 is 23.8 Å². The van der Waals surface area contributed by atoms with Crippen molar-refractivity contribution >= 4 is 17.6 Å². The van der Waals surface area contributed by atoms with Gasteiger partial charge in [-0.2, -0.15) is 0 Å². The summed E-state index contributed by atoms with van der Waals surface area (Å²) in [6, 6.07) is 13.1. The Balaban J connectivity index is 1.65. The van der Waals surface area contributed by atoms with Gasteiger partial charge in [0.15, 0.2) is 17.6 Å². The van der Waals surface area contributed by atoms with Gasteiger partial charge in [-0.05, 0) is 49.6 Å². The maximum atomic E-state index is 12.9. The Morgan fingerprint density at radius 3 is 2.54 bits per heavy atom. The van der Waals surface area contributed by atoms with Crippen molar-refractivity contribution in [3.05, 3.63) is 53.6 Å². The molecular formula is C22H25NO5. The summed E-state index contributed by atoms with van der Waals surface area (Å²) in [6.45, 7) is 3.61. The second kappa shape index (κ2) is 8.33. The Labute approximate surface area is 165 Å². The van der Waals surface area contributed by atoms with Crippen molar-refractivity contribution in [2.24, 2.45) is 0 Å². The molecule has 148 valence electrons. The van der Waals surface area contributed by atoms with E-state index in [1.165, 1.54) is 7.11 Å². The molecule has 0 saturated heterocycles. The quantitative estimate of drug-likeness (QED) is 0.717. The number of benzene rings is 2. The van der Waals surface area contributed by atoms with E-state index < -0.39 is 12.1 Å². The third-order valence-electron chi connectivity index (χ3n) is 4.90. The number of fused-ring (bicyclic) bond motifs is 1. The van der Waals surface area contributed by atoms with Crippen LogP contribution in [0, 0.1) is 0 Å². The number of nitrogens with zero attached hydrogens (tertiary/aromatic N) is 1. The van der Waals surface area contributed by atoms with Crippen molar-refractivity contribution in [2.45, 2.75) is 38.8 Å². The molecule has 2 aromatic carbocycles. The molecule has 0 saturated carbocycles. The highest BCUT2D eigenvalue weighted by molar-refractivity contribution is 5.99. The zero-order chi connectivity index (χ0) is 20.3. The van der Waals surface area contributed by atoms with Gasteiger partial charge < -0.3 is 19.1 Å². The molecule has 6 heteroatoms. The van der Waals surface area contributed by atoms with Crippen molar-refractivity contribution in [3.63, 3.8) is 0 Å². The largest absolute Gasteiger partial charge is 0.493 e. The molecule has 1 aliphatic rings. The molecule has 6 nitrogen and oxygen atoms in total. The average Bonchev–Trinajstić information content (AvgIpc) is 3.02. The van der Waals surface area contributed by atoms with Gasteiger partial charge in [-0.25, -0.2) is 0 Å². The summed E-state index contributed by atoms with van der Waals surface area (Å²) in [5, 5.41) is 0. The standard InChI is InChI=1S/C22H25NO5/c1-14-11-17-7-5-6-8-18(17)23(14)22(25)15(2)28-21(24)13-16-9-10-19(26-3)20(12-16)27-4/h5-10,12,14-15H,11,13H2,1-4H3/t14-,15+/m1/s1. The van der Waals surface area contributed by atoms with E-state index in [1.807, 2.05) is 31.2 Å². The number of amides is 1. The fraction of sp³-hybridized carbons (Fsp3) is 0.364. The Morgan fingerprint density at radius 1 is 1.11 bits per heavy atom. The first-order valence-electron chi connectivity index (χ1n) is 9.26. The third kappa shape index (κ3) is 3.96. The molecule has 0 spiro atoms. The minimum atomic E-state index is -0.860. The SMILES string of the molecule is COc1ccc(CC(=O)O[C@@H](C)C(=O)N2c3ccccc3C[C@H]2C)cc1OC. The number of hydrogen-bond donors (Lipinski definition) is 0. The average molecular weight is 383 g/mol. The lowest BCUT2D eigenvalue weighted by Gasteiger charge is -2.26. The van der Waals surface area contributed by atoms with E-state index in [2.05, 4.69) is 0 Å². The lowest BCUT2D eigenvalue weighted by Crippen LogP contribution is -2.43. The molecule has 0 aliphatic carbocycles. The number of methoxy groups -OCH3 is 2. The number of ether oxygens (including phenoxy) is 3. The third-order valence-corrected chi connectivity index (χ3v) is 4.90. The monoisotopic (exact) mass is 383 g/mol. The van der Waals surface area contributed by atoms with E-state index in [9.17, 15) is 9.59 Å². The first-order chi connectivity index (χ1) is 13.4. The highest BCUT2D eigenvalue weighted by Gasteiger charge is 2.34. The molecule has 0 bridgehead atoms. The van der Waals surface area contributed by atoms with Gasteiger partial charge in [0.2, 0.25) is 0 Å². The van der Waals surface area contributed by atoms with Crippen molar-refractivity contribution in [1.82, 2.24) is 0 Å². The second-order valence-corrected chi connectivity index (χ2v) is 6.89. The van der Waals surface area contributed by atoms with E-state index >= 15 is 0 Å². The molecule has 3 rings (SSSR count). The highest BCUT2D eigenvalue weighted by atomic mass is 16.5. The number of esters is 1. The van der Waals surface area contributed by atoms with Crippen LogP contribution in [0.5, 0.6) is 11.5 Å². The van der Waals surface area contributed by atoms with Crippen molar-refractivity contribution in [3.8, 4) is 11.5 Å². The molecule has 1 amide bonds. The molecule has 0 fully saturated rings. The lowest BCUT2D eigenvalue weighted by atomic mass is 10.1. The van der Waals surface area contributed by atoms with Gasteiger partial charge in [-0.3, -0.25) is 9.59 Å². The van der Waals surface area contributed by atoms with Crippen LogP contribution in [-0.2, 0) is 27.2 Å². The van der Waals surface area contributed by atoms with Gasteiger partial charge in [0, 0.05) is 11.7 Å². The van der Waals surface area contributed by atoms with Crippen LogP contribution in [0.4, 0.5) is 5.69 Å². The number of rotatable bonds is 6. The summed E-state index contributed by atoms with van der Waals surface area (Å²) in [7, 11) is 3.09. The number of hydrogen-bond acceptors (Lipinski definition) is 5. The summed E-state index contributed by atoms with van der Waals surface area (Å²) < 4.78 is 15.9. The number of anilines is 1. The van der Waals surface area contributed by atoms with Gasteiger partial charge in [0.05, 0.1) is 20.6 Å². The highest BCUT2D eigenvalue weighted by Crippen LogP contribution is 2.32. The zero-order valence-electron chi connectivity index (χ0n) is 16.6. The molecule has 2 atom stereocenters. The molecule has 28 heavy (non-hydrogen) atoms. The van der Waals surface area contributed by atoms with Gasteiger partial charge >= 0.3 is 5.97 Å². The van der Waals surface area contributed by atoms with Gasteiger partial charge in [0.1, 0.15) is 0 Å². The van der Waals surface area contributed by atoms with E-state index in [4.69, 9.17) is 14.2 Å². The van der Waals surface area contributed by atoms with Crippen LogP contribution < -0.4 is 14.4 Å². The van der Waals surface area contributed by atoms with Crippen LogP contribution >= 0.6 is 0 Å². The Kier molecular flexibility index (Phi) is 5.87. The van der Waals surface area contributed by atoms with Crippen LogP contribution in [0.3, 0.4) is 0 Å². The predicted molar refractivity (Wildman–Crippen MR) is 106 cm³/mol. The first-order valence-corrected chi connectivity index (χ1v) is 9.26. The normalized spacial score (nSPS) is 16.3. The summed E-state index contributed by atoms with van der Waals surface area (Å²) in [5.41, 5.74) is 2.75. The Morgan fingerprint density at radius 2 is 1.82 bits per heavy atom. The van der Waals surface area contributed by atoms with E-state index in [0.29, 0.717) is 11.5 Å². The minimum Gasteiger partial charge on any atom is -0.493 e. The molecule has 1 heterocycles. The summed E-state index contributed by atoms with van der Waals surface area (Å²) in [5.74, 6) is 0.454. The summed E-state index contributed by atoms with van der Waals surface area (Å²) >= 11 is 0. The molecule has 2 aromatic rings. The van der Waals surface area contributed by atoms with Crippen LogP contribution in [0.1, 0.15) is 25.0 Å². The molecular weight excluding hydrogens is 358 g/mol. The first kappa shape index (κ1) is 19.7. The fourth-order valence-corrected chi connectivity index (χ4v) is 3.54. The molecule has 0 unspecified atom stereocenters. The van der Waals surface area contributed by atoms with Crippen LogP contribution in [0.25, 0.3) is 0 Å². The van der Waals surface area contributed by atoms with Gasteiger partial charge in [0.25, 0.3) is 5.91 Å². The second-order valence-electron chi connectivity index (χ2n) is 6.89. The Hall–Kier alpha value is -3.02. The molecule has 0 N–H and O–H groups in total. The summed E-state index contributed by atoms with van der Waals surface area (Å²) in [4.78, 5) is 27.0. The van der Waals surface area contributed by atoms with Crippen LogP contribution in [0.2, 0.25) is 0 Å². The topological polar surface area (TPSA) is 65.1 Å². The molecule has 0 radical (unpaired) electrons. The van der Waals surface area contributed by atoms with E-state index in [-0.39, 0.29) is 18.4 Å².